The Hall–Kier alpha value is -1.52. The Morgan fingerprint density at radius 2 is 2.05 bits per heavy atom. The molecule has 0 atom stereocenters. The van der Waals surface area contributed by atoms with Gasteiger partial charge in [0.25, 0.3) is 0 Å². The van der Waals surface area contributed by atoms with E-state index in [4.69, 9.17) is 20.8 Å². The SMILES string of the molecule is CC(C)(C)OC(=O)CNCc1c(Cl)oc2ccccc12. The highest BCUT2D eigenvalue weighted by Crippen LogP contribution is 2.29. The van der Waals surface area contributed by atoms with Gasteiger partial charge in [-0.25, -0.2) is 0 Å². The van der Waals surface area contributed by atoms with Gasteiger partial charge in [0, 0.05) is 17.5 Å². The van der Waals surface area contributed by atoms with Crippen LogP contribution in [-0.2, 0) is 16.1 Å². The minimum Gasteiger partial charge on any atom is -0.459 e. The summed E-state index contributed by atoms with van der Waals surface area (Å²) in [5.41, 5.74) is 1.12. The van der Waals surface area contributed by atoms with Crippen molar-refractivity contribution in [1.29, 1.82) is 0 Å². The molecular formula is C15H18ClNO3. The van der Waals surface area contributed by atoms with E-state index >= 15 is 0 Å². The molecule has 2 rings (SSSR count). The maximum Gasteiger partial charge on any atom is 0.320 e. The summed E-state index contributed by atoms with van der Waals surface area (Å²) in [5, 5.41) is 4.33. The number of ether oxygens (including phenoxy) is 1. The molecule has 0 spiro atoms. The fourth-order valence-corrected chi connectivity index (χ4v) is 2.15. The van der Waals surface area contributed by atoms with Crippen molar-refractivity contribution in [2.45, 2.75) is 32.9 Å². The number of nitrogens with one attached hydrogen (secondary N) is 1. The number of esters is 1. The topological polar surface area (TPSA) is 51.5 Å². The Kier molecular flexibility index (Phi) is 4.35. The van der Waals surface area contributed by atoms with Gasteiger partial charge < -0.3 is 14.5 Å². The number of carbonyl (C=O) groups excluding carboxylic acids is 1. The van der Waals surface area contributed by atoms with Gasteiger partial charge in [0.2, 0.25) is 0 Å². The summed E-state index contributed by atoms with van der Waals surface area (Å²) in [4.78, 5) is 11.6. The molecule has 20 heavy (non-hydrogen) atoms. The quantitative estimate of drug-likeness (QED) is 0.877. The smallest absolute Gasteiger partial charge is 0.320 e. The maximum atomic E-state index is 11.6. The summed E-state index contributed by atoms with van der Waals surface area (Å²) < 4.78 is 10.7. The number of halogens is 1. The predicted octanol–water partition coefficient (Wildman–Crippen LogP) is 3.52. The van der Waals surface area contributed by atoms with Crippen molar-refractivity contribution < 1.29 is 13.9 Å². The van der Waals surface area contributed by atoms with Gasteiger partial charge in [-0.2, -0.15) is 0 Å². The third kappa shape index (κ3) is 3.74. The van der Waals surface area contributed by atoms with E-state index in [0.29, 0.717) is 11.8 Å². The second-order valence-corrected chi connectivity index (χ2v) is 5.88. The highest BCUT2D eigenvalue weighted by atomic mass is 35.5. The van der Waals surface area contributed by atoms with Crippen molar-refractivity contribution in [2.75, 3.05) is 6.54 Å². The van der Waals surface area contributed by atoms with Gasteiger partial charge in [-0.3, -0.25) is 4.79 Å². The molecule has 4 nitrogen and oxygen atoms in total. The first-order valence-electron chi connectivity index (χ1n) is 6.45. The van der Waals surface area contributed by atoms with Crippen molar-refractivity contribution in [3.05, 3.63) is 35.0 Å². The third-order valence-corrected chi connectivity index (χ3v) is 2.95. The molecule has 0 fully saturated rings. The molecule has 0 aliphatic carbocycles. The molecule has 0 radical (unpaired) electrons. The molecule has 1 aromatic carbocycles. The van der Waals surface area contributed by atoms with Crippen LogP contribution in [0.3, 0.4) is 0 Å². The van der Waals surface area contributed by atoms with E-state index in [1.165, 1.54) is 0 Å². The lowest BCUT2D eigenvalue weighted by atomic mass is 10.2. The monoisotopic (exact) mass is 295 g/mol. The van der Waals surface area contributed by atoms with E-state index in [-0.39, 0.29) is 12.5 Å². The second kappa shape index (κ2) is 5.85. The van der Waals surface area contributed by atoms with Crippen LogP contribution in [0.15, 0.2) is 28.7 Å². The van der Waals surface area contributed by atoms with Crippen LogP contribution in [-0.4, -0.2) is 18.1 Å². The standard InChI is InChI=1S/C15H18ClNO3/c1-15(2,3)20-13(18)9-17-8-11-10-6-4-5-7-12(10)19-14(11)16/h4-7,17H,8-9H2,1-3H3. The van der Waals surface area contributed by atoms with Gasteiger partial charge in [-0.15, -0.1) is 0 Å². The molecule has 2 aromatic rings. The van der Waals surface area contributed by atoms with Crippen LogP contribution in [0.1, 0.15) is 26.3 Å². The largest absolute Gasteiger partial charge is 0.459 e. The number of hydrogen-bond donors (Lipinski definition) is 1. The zero-order chi connectivity index (χ0) is 14.8. The molecule has 0 amide bonds. The van der Waals surface area contributed by atoms with E-state index in [1.807, 2.05) is 45.0 Å². The minimum atomic E-state index is -0.473. The molecule has 1 N–H and O–H groups in total. The summed E-state index contributed by atoms with van der Waals surface area (Å²) >= 11 is 6.07. The Labute approximate surface area is 123 Å². The highest BCUT2D eigenvalue weighted by Gasteiger charge is 2.16. The number of fused-ring (bicyclic) bond motifs is 1. The first kappa shape index (κ1) is 14.9. The van der Waals surface area contributed by atoms with E-state index in [1.54, 1.807) is 0 Å². The van der Waals surface area contributed by atoms with Gasteiger partial charge >= 0.3 is 5.97 Å². The molecule has 1 aromatic heterocycles. The molecule has 0 saturated heterocycles. The van der Waals surface area contributed by atoms with E-state index < -0.39 is 5.60 Å². The highest BCUT2D eigenvalue weighted by molar-refractivity contribution is 6.30. The molecule has 0 unspecified atom stereocenters. The van der Waals surface area contributed by atoms with Crippen molar-refractivity contribution in [2.24, 2.45) is 0 Å². The van der Waals surface area contributed by atoms with Crippen molar-refractivity contribution >= 4 is 28.5 Å². The number of rotatable bonds is 4. The lowest BCUT2D eigenvalue weighted by Crippen LogP contribution is -2.31. The minimum absolute atomic E-state index is 0.132. The lowest BCUT2D eigenvalue weighted by Gasteiger charge is -2.19. The van der Waals surface area contributed by atoms with Crippen LogP contribution in [0, 0.1) is 0 Å². The van der Waals surface area contributed by atoms with Crippen molar-refractivity contribution in [3.8, 4) is 0 Å². The fraction of sp³-hybridized carbons (Fsp3) is 0.400. The maximum absolute atomic E-state index is 11.6. The summed E-state index contributed by atoms with van der Waals surface area (Å²) in [6, 6.07) is 7.61. The summed E-state index contributed by atoms with van der Waals surface area (Å²) in [6.45, 7) is 6.10. The van der Waals surface area contributed by atoms with Crippen LogP contribution >= 0.6 is 11.6 Å². The molecule has 5 heteroatoms. The number of benzene rings is 1. The van der Waals surface area contributed by atoms with Crippen molar-refractivity contribution in [3.63, 3.8) is 0 Å². The van der Waals surface area contributed by atoms with E-state index in [0.717, 1.165) is 16.5 Å². The molecule has 0 saturated carbocycles. The van der Waals surface area contributed by atoms with Gasteiger partial charge in [0.15, 0.2) is 5.22 Å². The van der Waals surface area contributed by atoms with Crippen LogP contribution in [0.5, 0.6) is 0 Å². The first-order chi connectivity index (χ1) is 9.37. The molecule has 0 aliphatic rings. The Bertz CT molecular complexity index is 613. The summed E-state index contributed by atoms with van der Waals surface area (Å²) in [6.07, 6.45) is 0. The molecule has 1 heterocycles. The van der Waals surface area contributed by atoms with E-state index in [2.05, 4.69) is 5.32 Å². The van der Waals surface area contributed by atoms with Gasteiger partial charge in [0.05, 0.1) is 6.54 Å². The second-order valence-electron chi connectivity index (χ2n) is 5.54. The zero-order valence-electron chi connectivity index (χ0n) is 11.8. The van der Waals surface area contributed by atoms with E-state index in [9.17, 15) is 4.79 Å². The Morgan fingerprint density at radius 1 is 1.35 bits per heavy atom. The average molecular weight is 296 g/mol. The predicted molar refractivity (Wildman–Crippen MR) is 78.8 cm³/mol. The first-order valence-corrected chi connectivity index (χ1v) is 6.83. The van der Waals surface area contributed by atoms with Crippen LogP contribution in [0.25, 0.3) is 11.0 Å². The summed E-state index contributed by atoms with van der Waals surface area (Å²) in [7, 11) is 0. The van der Waals surface area contributed by atoms with Crippen LogP contribution < -0.4 is 5.32 Å². The number of furan rings is 1. The molecule has 108 valence electrons. The number of carbonyl (C=O) groups is 1. The normalized spacial score (nSPS) is 11.8. The summed E-state index contributed by atoms with van der Waals surface area (Å²) in [5.74, 6) is -0.290. The molecular weight excluding hydrogens is 278 g/mol. The fourth-order valence-electron chi connectivity index (χ4n) is 1.90. The average Bonchev–Trinajstić information content (AvgIpc) is 2.64. The van der Waals surface area contributed by atoms with Gasteiger partial charge in [0.1, 0.15) is 11.2 Å². The van der Waals surface area contributed by atoms with Crippen LogP contribution in [0.4, 0.5) is 0 Å². The third-order valence-electron chi connectivity index (χ3n) is 2.64. The van der Waals surface area contributed by atoms with Crippen molar-refractivity contribution in [1.82, 2.24) is 5.32 Å². The number of hydrogen-bond acceptors (Lipinski definition) is 4. The Balaban J connectivity index is 1.96. The lowest BCUT2D eigenvalue weighted by molar-refractivity contribution is -0.153. The molecule has 0 aliphatic heterocycles. The van der Waals surface area contributed by atoms with Gasteiger partial charge in [-0.05, 0) is 38.4 Å². The van der Waals surface area contributed by atoms with Gasteiger partial charge in [-0.1, -0.05) is 18.2 Å². The number of para-hydroxylation sites is 1. The molecule has 0 bridgehead atoms. The Morgan fingerprint density at radius 3 is 2.75 bits per heavy atom. The van der Waals surface area contributed by atoms with Crippen LogP contribution in [0.2, 0.25) is 5.22 Å². The zero-order valence-corrected chi connectivity index (χ0v) is 12.6.